The summed E-state index contributed by atoms with van der Waals surface area (Å²) in [6.07, 6.45) is 0. The zero-order valence-corrected chi connectivity index (χ0v) is 11.8. The molecule has 2 N–H and O–H groups in total. The molecule has 114 valence electrons. The lowest BCUT2D eigenvalue weighted by atomic mass is 10.1. The summed E-state index contributed by atoms with van der Waals surface area (Å²) in [5.41, 5.74) is 0.382. The number of para-hydroxylation sites is 2. The lowest BCUT2D eigenvalue weighted by Gasteiger charge is -2.13. The number of nitrogens with zero attached hydrogens (tertiary/aromatic N) is 1. The minimum Gasteiger partial charge on any atom is -0.492 e. The normalized spacial score (nSPS) is 10.0. The molecule has 0 saturated carbocycles. The Morgan fingerprint density at radius 2 is 2.00 bits per heavy atom. The van der Waals surface area contributed by atoms with Crippen LogP contribution in [0.25, 0.3) is 0 Å². The fourth-order valence-electron chi connectivity index (χ4n) is 1.93. The third kappa shape index (κ3) is 3.32. The summed E-state index contributed by atoms with van der Waals surface area (Å²) in [5, 5.41) is 22.9. The van der Waals surface area contributed by atoms with Gasteiger partial charge in [-0.2, -0.15) is 0 Å². The van der Waals surface area contributed by atoms with E-state index in [-0.39, 0.29) is 16.9 Å². The third-order valence-corrected chi connectivity index (χ3v) is 2.90. The Kier molecular flexibility index (Phi) is 4.57. The molecule has 2 rings (SSSR count). The molecule has 0 aliphatic rings. The Labute approximate surface area is 126 Å². The Balaban J connectivity index is 2.41. The van der Waals surface area contributed by atoms with Crippen LogP contribution in [0, 0.1) is 10.1 Å². The molecule has 0 atom stereocenters. The van der Waals surface area contributed by atoms with Crippen molar-refractivity contribution in [1.29, 1.82) is 0 Å². The van der Waals surface area contributed by atoms with Gasteiger partial charge in [0.25, 0.3) is 5.69 Å². The number of ether oxygens (including phenoxy) is 1. The highest BCUT2D eigenvalue weighted by Gasteiger charge is 2.17. The largest absolute Gasteiger partial charge is 0.492 e. The van der Waals surface area contributed by atoms with Gasteiger partial charge in [0.2, 0.25) is 0 Å². The number of benzene rings is 2. The van der Waals surface area contributed by atoms with Crippen LogP contribution in [0.2, 0.25) is 0 Å². The number of carboxylic acid groups (broad SMARTS) is 1. The molecule has 0 bridgehead atoms. The molecule has 0 amide bonds. The first kappa shape index (κ1) is 15.3. The number of hydrogen-bond acceptors (Lipinski definition) is 5. The SMILES string of the molecule is CCOc1ccccc1Nc1ccc([N+](=O)[O-])cc1C(=O)O. The molecular formula is C15H14N2O5. The van der Waals surface area contributed by atoms with E-state index < -0.39 is 10.9 Å². The van der Waals surface area contributed by atoms with Crippen molar-refractivity contribution in [2.75, 3.05) is 11.9 Å². The molecule has 0 aliphatic heterocycles. The van der Waals surface area contributed by atoms with Crippen LogP contribution < -0.4 is 10.1 Å². The summed E-state index contributed by atoms with van der Waals surface area (Å²) in [7, 11) is 0. The first-order valence-corrected chi connectivity index (χ1v) is 6.53. The number of rotatable bonds is 6. The van der Waals surface area contributed by atoms with Crippen molar-refractivity contribution in [3.8, 4) is 5.75 Å². The number of carboxylic acids is 1. The average Bonchev–Trinajstić information content (AvgIpc) is 2.49. The lowest BCUT2D eigenvalue weighted by Crippen LogP contribution is -2.05. The standard InChI is InChI=1S/C15H14N2O5/c1-2-22-14-6-4-3-5-13(14)16-12-8-7-10(17(20)21)9-11(12)15(18)19/h3-9,16H,2H2,1H3,(H,18,19). The van der Waals surface area contributed by atoms with Crippen molar-refractivity contribution in [1.82, 2.24) is 0 Å². The average molecular weight is 302 g/mol. The van der Waals surface area contributed by atoms with E-state index in [0.29, 0.717) is 18.0 Å². The maximum atomic E-state index is 11.3. The molecule has 7 heteroatoms. The highest BCUT2D eigenvalue weighted by Crippen LogP contribution is 2.30. The molecule has 0 aromatic heterocycles. The minimum atomic E-state index is -1.25. The summed E-state index contributed by atoms with van der Waals surface area (Å²) < 4.78 is 5.45. The van der Waals surface area contributed by atoms with Crippen molar-refractivity contribution in [3.05, 3.63) is 58.1 Å². The van der Waals surface area contributed by atoms with Crippen LogP contribution in [-0.2, 0) is 0 Å². The van der Waals surface area contributed by atoms with Crippen LogP contribution in [0.5, 0.6) is 5.75 Å². The molecule has 7 nitrogen and oxygen atoms in total. The molecule has 0 spiro atoms. The molecule has 22 heavy (non-hydrogen) atoms. The van der Waals surface area contributed by atoms with Gasteiger partial charge >= 0.3 is 5.97 Å². The van der Waals surface area contributed by atoms with Crippen molar-refractivity contribution in [2.24, 2.45) is 0 Å². The molecule has 0 fully saturated rings. The van der Waals surface area contributed by atoms with E-state index in [4.69, 9.17) is 4.74 Å². The first-order valence-electron chi connectivity index (χ1n) is 6.53. The molecule has 0 saturated heterocycles. The number of aromatic carboxylic acids is 1. The summed E-state index contributed by atoms with van der Waals surface area (Å²) in [4.78, 5) is 21.4. The van der Waals surface area contributed by atoms with E-state index in [9.17, 15) is 20.0 Å². The molecule has 2 aromatic carbocycles. The quantitative estimate of drug-likeness (QED) is 0.626. The van der Waals surface area contributed by atoms with Crippen LogP contribution in [0.1, 0.15) is 17.3 Å². The fourth-order valence-corrected chi connectivity index (χ4v) is 1.93. The Morgan fingerprint density at radius 1 is 1.27 bits per heavy atom. The van der Waals surface area contributed by atoms with Gasteiger partial charge in [0.05, 0.1) is 28.5 Å². The number of hydrogen-bond donors (Lipinski definition) is 2. The molecule has 0 aliphatic carbocycles. The summed E-state index contributed by atoms with van der Waals surface area (Å²) in [6, 6.07) is 10.7. The summed E-state index contributed by atoms with van der Waals surface area (Å²) in [6.45, 7) is 2.30. The van der Waals surface area contributed by atoms with E-state index >= 15 is 0 Å². The number of nitro groups is 1. The van der Waals surface area contributed by atoms with Gasteiger partial charge in [-0.25, -0.2) is 4.79 Å². The zero-order valence-electron chi connectivity index (χ0n) is 11.8. The number of nitro benzene ring substituents is 1. The van der Waals surface area contributed by atoms with Gasteiger partial charge in [-0.05, 0) is 25.1 Å². The molecule has 2 aromatic rings. The van der Waals surface area contributed by atoms with E-state index in [1.807, 2.05) is 6.92 Å². The van der Waals surface area contributed by atoms with Gasteiger partial charge in [0.15, 0.2) is 0 Å². The fraction of sp³-hybridized carbons (Fsp3) is 0.133. The Bertz CT molecular complexity index is 715. The third-order valence-electron chi connectivity index (χ3n) is 2.90. The maximum Gasteiger partial charge on any atom is 0.338 e. The van der Waals surface area contributed by atoms with Crippen LogP contribution in [0.15, 0.2) is 42.5 Å². The van der Waals surface area contributed by atoms with Crippen molar-refractivity contribution in [3.63, 3.8) is 0 Å². The van der Waals surface area contributed by atoms with Crippen molar-refractivity contribution < 1.29 is 19.6 Å². The molecule has 0 heterocycles. The van der Waals surface area contributed by atoms with E-state index in [0.717, 1.165) is 6.07 Å². The van der Waals surface area contributed by atoms with Gasteiger partial charge in [0, 0.05) is 12.1 Å². The summed E-state index contributed by atoms with van der Waals surface area (Å²) in [5.74, 6) is -0.681. The molecular weight excluding hydrogens is 288 g/mol. The Hall–Kier alpha value is -3.09. The monoisotopic (exact) mass is 302 g/mol. The molecule has 0 unspecified atom stereocenters. The van der Waals surface area contributed by atoms with E-state index in [1.54, 1.807) is 24.3 Å². The predicted octanol–water partition coefficient (Wildman–Crippen LogP) is 3.44. The molecule has 0 radical (unpaired) electrons. The lowest BCUT2D eigenvalue weighted by molar-refractivity contribution is -0.384. The van der Waals surface area contributed by atoms with Crippen LogP contribution in [0.4, 0.5) is 17.1 Å². The summed E-state index contributed by atoms with van der Waals surface area (Å²) >= 11 is 0. The number of anilines is 2. The Morgan fingerprint density at radius 3 is 2.64 bits per heavy atom. The van der Waals surface area contributed by atoms with E-state index in [2.05, 4.69) is 5.32 Å². The maximum absolute atomic E-state index is 11.3. The highest BCUT2D eigenvalue weighted by atomic mass is 16.6. The van der Waals surface area contributed by atoms with Crippen molar-refractivity contribution >= 4 is 23.0 Å². The number of carbonyl (C=O) groups is 1. The predicted molar refractivity (Wildman–Crippen MR) is 80.9 cm³/mol. The van der Waals surface area contributed by atoms with Gasteiger partial charge in [-0.3, -0.25) is 10.1 Å². The van der Waals surface area contributed by atoms with Crippen LogP contribution >= 0.6 is 0 Å². The van der Waals surface area contributed by atoms with Gasteiger partial charge in [-0.1, -0.05) is 12.1 Å². The number of non-ortho nitro benzene ring substituents is 1. The van der Waals surface area contributed by atoms with Crippen LogP contribution in [-0.4, -0.2) is 22.6 Å². The van der Waals surface area contributed by atoms with Gasteiger partial charge < -0.3 is 15.2 Å². The first-order chi connectivity index (χ1) is 10.5. The second-order valence-corrected chi connectivity index (χ2v) is 4.35. The second-order valence-electron chi connectivity index (χ2n) is 4.35. The minimum absolute atomic E-state index is 0.180. The topological polar surface area (TPSA) is 102 Å². The number of nitrogens with one attached hydrogen (secondary N) is 1. The van der Waals surface area contributed by atoms with Gasteiger partial charge in [0.1, 0.15) is 5.75 Å². The zero-order chi connectivity index (χ0) is 16.1. The van der Waals surface area contributed by atoms with Gasteiger partial charge in [-0.15, -0.1) is 0 Å². The highest BCUT2D eigenvalue weighted by molar-refractivity contribution is 5.96. The van der Waals surface area contributed by atoms with Crippen molar-refractivity contribution in [2.45, 2.75) is 6.92 Å². The second kappa shape index (κ2) is 6.57. The van der Waals surface area contributed by atoms with Crippen LogP contribution in [0.3, 0.4) is 0 Å². The van der Waals surface area contributed by atoms with E-state index in [1.165, 1.54) is 12.1 Å². The smallest absolute Gasteiger partial charge is 0.338 e.